The zero-order chi connectivity index (χ0) is 13.3. The number of hydrogen-bond donors (Lipinski definition) is 2. The molecule has 1 heterocycles. The molecule has 0 saturated carbocycles. The molecule has 0 bridgehead atoms. The Kier molecular flexibility index (Phi) is 3.66. The first-order chi connectivity index (χ1) is 8.49. The van der Waals surface area contributed by atoms with Crippen LogP contribution in [0.5, 0.6) is 0 Å². The molecule has 18 heavy (non-hydrogen) atoms. The number of amides is 1. The van der Waals surface area contributed by atoms with Gasteiger partial charge < -0.3 is 16.4 Å². The van der Waals surface area contributed by atoms with E-state index in [0.717, 1.165) is 31.6 Å². The Labute approximate surface area is 112 Å². The lowest BCUT2D eigenvalue weighted by Gasteiger charge is -2.33. The van der Waals surface area contributed by atoms with E-state index >= 15 is 0 Å². The highest BCUT2D eigenvalue weighted by Crippen LogP contribution is 2.34. The average molecular weight is 268 g/mol. The maximum absolute atomic E-state index is 11.5. The fourth-order valence-electron chi connectivity index (χ4n) is 2.36. The molecule has 2 rings (SSSR count). The molecule has 4 N–H and O–H groups in total. The van der Waals surface area contributed by atoms with E-state index in [-0.39, 0.29) is 0 Å². The molecule has 0 aromatic heterocycles. The number of nitrogens with zero attached hydrogens (tertiary/aromatic N) is 1. The number of carbonyl (C=O) groups is 1. The van der Waals surface area contributed by atoms with Gasteiger partial charge in [0.15, 0.2) is 0 Å². The van der Waals surface area contributed by atoms with Crippen LogP contribution in [-0.2, 0) is 0 Å². The Balaban J connectivity index is 2.39. The summed E-state index contributed by atoms with van der Waals surface area (Å²) in [7, 11) is 0. The van der Waals surface area contributed by atoms with E-state index in [0.29, 0.717) is 22.2 Å². The van der Waals surface area contributed by atoms with Gasteiger partial charge in [-0.15, -0.1) is 0 Å². The minimum absolute atomic E-state index is 0.412. The van der Waals surface area contributed by atoms with Crippen molar-refractivity contribution in [1.82, 2.24) is 0 Å². The zero-order valence-electron chi connectivity index (χ0n) is 10.4. The van der Waals surface area contributed by atoms with Gasteiger partial charge in [-0.25, -0.2) is 0 Å². The molecule has 98 valence electrons. The first kappa shape index (κ1) is 13.0. The van der Waals surface area contributed by atoms with Gasteiger partial charge in [0, 0.05) is 18.8 Å². The predicted octanol–water partition coefficient (Wildman–Crippen LogP) is 2.26. The number of nitrogens with two attached hydrogens (primary N) is 2. The Bertz CT molecular complexity index is 468. The van der Waals surface area contributed by atoms with Gasteiger partial charge in [0.1, 0.15) is 0 Å². The van der Waals surface area contributed by atoms with Crippen molar-refractivity contribution in [3.63, 3.8) is 0 Å². The quantitative estimate of drug-likeness (QED) is 0.808. The number of benzene rings is 1. The molecule has 4 nitrogen and oxygen atoms in total. The molecule has 0 unspecified atom stereocenters. The standard InChI is InChI=1S/C13H18ClN3O/c1-8-2-4-17(5-3-8)12-10(13(16)18)6-9(15)7-11(12)14/h6-8H,2-5,15H2,1H3,(H2,16,18). The molecule has 1 aliphatic heterocycles. The van der Waals surface area contributed by atoms with Gasteiger partial charge >= 0.3 is 0 Å². The number of rotatable bonds is 2. The lowest BCUT2D eigenvalue weighted by Crippen LogP contribution is -2.34. The van der Waals surface area contributed by atoms with E-state index in [1.807, 2.05) is 0 Å². The lowest BCUT2D eigenvalue weighted by molar-refractivity contribution is 0.100. The van der Waals surface area contributed by atoms with Crippen molar-refractivity contribution in [2.24, 2.45) is 11.7 Å². The normalized spacial score (nSPS) is 16.9. The summed E-state index contributed by atoms with van der Waals surface area (Å²) in [5.41, 5.74) is 12.7. The second kappa shape index (κ2) is 5.06. The maximum atomic E-state index is 11.5. The molecule has 1 aromatic rings. The van der Waals surface area contributed by atoms with Crippen molar-refractivity contribution in [3.8, 4) is 0 Å². The number of hydrogen-bond acceptors (Lipinski definition) is 3. The molecular formula is C13H18ClN3O. The van der Waals surface area contributed by atoms with E-state index in [1.54, 1.807) is 12.1 Å². The van der Waals surface area contributed by atoms with Crippen molar-refractivity contribution in [3.05, 3.63) is 22.7 Å². The minimum atomic E-state index is -0.488. The Morgan fingerprint density at radius 3 is 2.56 bits per heavy atom. The SMILES string of the molecule is CC1CCN(c2c(Cl)cc(N)cc2C(N)=O)CC1. The topological polar surface area (TPSA) is 72.3 Å². The Morgan fingerprint density at radius 1 is 1.39 bits per heavy atom. The predicted molar refractivity (Wildman–Crippen MR) is 75.0 cm³/mol. The van der Waals surface area contributed by atoms with Gasteiger partial charge in [-0.1, -0.05) is 18.5 Å². The van der Waals surface area contributed by atoms with Crippen LogP contribution >= 0.6 is 11.6 Å². The third kappa shape index (κ3) is 2.53. The van der Waals surface area contributed by atoms with E-state index < -0.39 is 5.91 Å². The summed E-state index contributed by atoms with van der Waals surface area (Å²) in [5, 5.41) is 0.498. The number of nitrogen functional groups attached to an aromatic ring is 1. The second-order valence-electron chi connectivity index (χ2n) is 4.93. The summed E-state index contributed by atoms with van der Waals surface area (Å²) in [6.45, 7) is 4.02. The van der Waals surface area contributed by atoms with Crippen molar-refractivity contribution < 1.29 is 4.79 Å². The van der Waals surface area contributed by atoms with Gasteiger partial charge in [0.25, 0.3) is 5.91 Å². The average Bonchev–Trinajstić information content (AvgIpc) is 2.29. The van der Waals surface area contributed by atoms with Gasteiger partial charge in [-0.3, -0.25) is 4.79 Å². The van der Waals surface area contributed by atoms with Crippen LogP contribution in [0.1, 0.15) is 30.1 Å². The van der Waals surface area contributed by atoms with Gasteiger partial charge in [-0.05, 0) is 30.9 Å². The maximum Gasteiger partial charge on any atom is 0.250 e. The first-order valence-corrected chi connectivity index (χ1v) is 6.50. The zero-order valence-corrected chi connectivity index (χ0v) is 11.2. The highest BCUT2D eigenvalue weighted by molar-refractivity contribution is 6.34. The van der Waals surface area contributed by atoms with Crippen LogP contribution in [0.15, 0.2) is 12.1 Å². The molecular weight excluding hydrogens is 250 g/mol. The largest absolute Gasteiger partial charge is 0.399 e. The van der Waals surface area contributed by atoms with E-state index in [9.17, 15) is 4.79 Å². The smallest absolute Gasteiger partial charge is 0.250 e. The van der Waals surface area contributed by atoms with Crippen LogP contribution in [0.4, 0.5) is 11.4 Å². The van der Waals surface area contributed by atoms with Crippen molar-refractivity contribution >= 4 is 28.9 Å². The molecule has 1 amide bonds. The molecule has 1 fully saturated rings. The number of primary amides is 1. The first-order valence-electron chi connectivity index (χ1n) is 6.13. The van der Waals surface area contributed by atoms with Gasteiger partial charge in [0.05, 0.1) is 16.3 Å². The summed E-state index contributed by atoms with van der Waals surface area (Å²) in [6, 6.07) is 3.27. The highest BCUT2D eigenvalue weighted by atomic mass is 35.5. The van der Waals surface area contributed by atoms with Crippen LogP contribution in [0.2, 0.25) is 5.02 Å². The Morgan fingerprint density at radius 2 is 2.00 bits per heavy atom. The van der Waals surface area contributed by atoms with Crippen molar-refractivity contribution in [2.75, 3.05) is 23.7 Å². The fourth-order valence-corrected chi connectivity index (χ4v) is 2.71. The summed E-state index contributed by atoms with van der Waals surface area (Å²) in [5.74, 6) is 0.226. The number of anilines is 2. The van der Waals surface area contributed by atoms with Crippen LogP contribution in [0, 0.1) is 5.92 Å². The second-order valence-corrected chi connectivity index (χ2v) is 5.34. The number of halogens is 1. The number of carbonyl (C=O) groups excluding carboxylic acids is 1. The van der Waals surface area contributed by atoms with Crippen molar-refractivity contribution in [2.45, 2.75) is 19.8 Å². The molecule has 0 radical (unpaired) electrons. The lowest BCUT2D eigenvalue weighted by atomic mass is 9.98. The number of piperidine rings is 1. The third-order valence-electron chi connectivity index (χ3n) is 3.45. The van der Waals surface area contributed by atoms with Crippen LogP contribution in [0.25, 0.3) is 0 Å². The summed E-state index contributed by atoms with van der Waals surface area (Å²) >= 11 is 6.22. The molecule has 0 atom stereocenters. The Hall–Kier alpha value is -1.42. The van der Waals surface area contributed by atoms with Gasteiger partial charge in [-0.2, -0.15) is 0 Å². The monoisotopic (exact) mass is 267 g/mol. The van der Waals surface area contributed by atoms with Crippen LogP contribution in [-0.4, -0.2) is 19.0 Å². The third-order valence-corrected chi connectivity index (χ3v) is 3.74. The van der Waals surface area contributed by atoms with E-state index in [4.69, 9.17) is 23.1 Å². The molecule has 0 aliphatic carbocycles. The van der Waals surface area contributed by atoms with Crippen molar-refractivity contribution in [1.29, 1.82) is 0 Å². The van der Waals surface area contributed by atoms with Gasteiger partial charge in [0.2, 0.25) is 0 Å². The highest BCUT2D eigenvalue weighted by Gasteiger charge is 2.22. The molecule has 1 aromatic carbocycles. The van der Waals surface area contributed by atoms with Crippen LogP contribution in [0.3, 0.4) is 0 Å². The molecule has 1 aliphatic rings. The summed E-state index contributed by atoms with van der Waals surface area (Å²) < 4.78 is 0. The summed E-state index contributed by atoms with van der Waals surface area (Å²) in [4.78, 5) is 13.6. The fraction of sp³-hybridized carbons (Fsp3) is 0.462. The van der Waals surface area contributed by atoms with E-state index in [1.165, 1.54) is 0 Å². The summed E-state index contributed by atoms with van der Waals surface area (Å²) in [6.07, 6.45) is 2.19. The molecule has 1 saturated heterocycles. The molecule has 5 heteroatoms. The van der Waals surface area contributed by atoms with Crippen LogP contribution < -0.4 is 16.4 Å². The minimum Gasteiger partial charge on any atom is -0.399 e. The van der Waals surface area contributed by atoms with E-state index in [2.05, 4.69) is 11.8 Å². The molecule has 0 spiro atoms.